The highest BCUT2D eigenvalue weighted by molar-refractivity contribution is 7.86. The minimum atomic E-state index is -1.46. The summed E-state index contributed by atoms with van der Waals surface area (Å²) in [6.07, 6.45) is 4.78. The first-order valence-electron chi connectivity index (χ1n) is 11.1. The van der Waals surface area contributed by atoms with E-state index in [0.29, 0.717) is 10.7 Å². The first-order chi connectivity index (χ1) is 17.0. The monoisotopic (exact) mass is 480 g/mol. The third-order valence-electron chi connectivity index (χ3n) is 5.74. The van der Waals surface area contributed by atoms with Crippen molar-refractivity contribution >= 4 is 27.6 Å². The van der Waals surface area contributed by atoms with Gasteiger partial charge in [-0.15, -0.1) is 0 Å². The molecule has 0 aliphatic rings. The Hall–Kier alpha value is -4.10. The molecule has 0 aliphatic carbocycles. The molecule has 0 saturated carbocycles. The zero-order valence-electron chi connectivity index (χ0n) is 19.6. The van der Waals surface area contributed by atoms with Gasteiger partial charge in [0.1, 0.15) is 17.9 Å². The molecular weight excluding hydrogens is 456 g/mol. The number of hydrogen-bond acceptors (Lipinski definition) is 5. The number of ether oxygens (including phenoxy) is 1. The van der Waals surface area contributed by atoms with Crippen molar-refractivity contribution in [1.29, 1.82) is 0 Å². The van der Waals surface area contributed by atoms with Crippen molar-refractivity contribution in [1.82, 2.24) is 15.0 Å². The lowest BCUT2D eigenvalue weighted by Crippen LogP contribution is -2.06. The van der Waals surface area contributed by atoms with Crippen LogP contribution in [0.4, 0.5) is 5.82 Å². The van der Waals surface area contributed by atoms with E-state index in [1.807, 2.05) is 24.3 Å². The van der Waals surface area contributed by atoms with E-state index in [-0.39, 0.29) is 0 Å². The number of fused-ring (bicyclic) bond motifs is 1. The number of benzene rings is 3. The predicted molar refractivity (Wildman–Crippen MR) is 141 cm³/mol. The fourth-order valence-corrected chi connectivity index (χ4v) is 5.05. The van der Waals surface area contributed by atoms with Crippen LogP contribution in [0.25, 0.3) is 33.2 Å². The molecule has 5 aromatic rings. The quantitative estimate of drug-likeness (QED) is 0.317. The Bertz CT molecular complexity index is 1530. The van der Waals surface area contributed by atoms with Crippen molar-refractivity contribution in [2.24, 2.45) is 0 Å². The highest BCUT2D eigenvalue weighted by Gasteiger charge is 2.14. The average molecular weight is 481 g/mol. The van der Waals surface area contributed by atoms with Crippen LogP contribution in [0.15, 0.2) is 90.3 Å². The lowest BCUT2D eigenvalue weighted by molar-refractivity contribution is 0.416. The van der Waals surface area contributed by atoms with Crippen LogP contribution in [0.3, 0.4) is 0 Å². The van der Waals surface area contributed by atoms with Gasteiger partial charge in [-0.25, -0.2) is 14.2 Å². The summed E-state index contributed by atoms with van der Waals surface area (Å²) in [5, 5.41) is 1.89. The number of anilines is 1. The Morgan fingerprint density at radius 1 is 0.829 bits per heavy atom. The van der Waals surface area contributed by atoms with Gasteiger partial charge in [0.2, 0.25) is 0 Å². The van der Waals surface area contributed by atoms with Gasteiger partial charge in [0.15, 0.2) is 11.0 Å². The second kappa shape index (κ2) is 9.64. The van der Waals surface area contributed by atoms with Gasteiger partial charge >= 0.3 is 0 Å². The Morgan fingerprint density at radius 2 is 1.66 bits per heavy atom. The molecular formula is C28H24N4O2S. The summed E-state index contributed by atoms with van der Waals surface area (Å²) in [5.74, 6) is 1.25. The van der Waals surface area contributed by atoms with Crippen LogP contribution < -0.4 is 9.46 Å². The van der Waals surface area contributed by atoms with Crippen LogP contribution in [-0.2, 0) is 11.0 Å². The number of pyridine rings is 1. The lowest BCUT2D eigenvalue weighted by Gasteiger charge is -2.14. The summed E-state index contributed by atoms with van der Waals surface area (Å²) in [7, 11) is 0.215. The van der Waals surface area contributed by atoms with Crippen LogP contribution in [0, 0.1) is 13.8 Å². The normalized spacial score (nSPS) is 11.9. The van der Waals surface area contributed by atoms with Gasteiger partial charge in [-0.1, -0.05) is 41.5 Å². The third kappa shape index (κ3) is 4.76. The molecule has 7 heteroatoms. The van der Waals surface area contributed by atoms with Crippen LogP contribution in [0.5, 0.6) is 5.75 Å². The second-order valence-corrected chi connectivity index (χ2v) is 9.51. The fourth-order valence-electron chi connectivity index (χ4n) is 4.20. The van der Waals surface area contributed by atoms with Crippen LogP contribution in [0.2, 0.25) is 0 Å². The summed E-state index contributed by atoms with van der Waals surface area (Å²) < 4.78 is 21.5. The van der Waals surface area contributed by atoms with Crippen molar-refractivity contribution in [3.8, 4) is 28.1 Å². The highest BCUT2D eigenvalue weighted by Crippen LogP contribution is 2.37. The van der Waals surface area contributed by atoms with E-state index in [9.17, 15) is 4.21 Å². The molecule has 0 bridgehead atoms. The number of methoxy groups -OCH3 is 1. The largest absolute Gasteiger partial charge is 0.496 e. The maximum absolute atomic E-state index is 12.8. The zero-order chi connectivity index (χ0) is 24.4. The van der Waals surface area contributed by atoms with Gasteiger partial charge in [0.25, 0.3) is 0 Å². The van der Waals surface area contributed by atoms with Gasteiger partial charge in [-0.2, -0.15) is 0 Å². The molecule has 0 aliphatic heterocycles. The number of nitrogens with zero attached hydrogens (tertiary/aromatic N) is 3. The van der Waals surface area contributed by atoms with E-state index in [1.165, 1.54) is 17.5 Å². The van der Waals surface area contributed by atoms with Gasteiger partial charge in [-0.3, -0.25) is 9.71 Å². The SMILES string of the molecule is COc1cc(-c2cc(C)cc(C)c2)ccc1-c1nccc2cc(S(=O)Nc3ccncn3)ccc12. The summed E-state index contributed by atoms with van der Waals surface area (Å²) >= 11 is 0. The number of nitrogens with one attached hydrogen (secondary N) is 1. The molecule has 35 heavy (non-hydrogen) atoms. The molecule has 0 spiro atoms. The lowest BCUT2D eigenvalue weighted by atomic mass is 9.97. The van der Waals surface area contributed by atoms with E-state index >= 15 is 0 Å². The maximum Gasteiger partial charge on any atom is 0.151 e. The number of aromatic nitrogens is 3. The van der Waals surface area contributed by atoms with E-state index < -0.39 is 11.0 Å². The molecule has 174 valence electrons. The predicted octanol–water partition coefficient (Wildman–Crippen LogP) is 6.12. The van der Waals surface area contributed by atoms with Crippen molar-refractivity contribution in [2.75, 3.05) is 11.8 Å². The summed E-state index contributed by atoms with van der Waals surface area (Å²) in [6.45, 7) is 4.21. The summed E-state index contributed by atoms with van der Waals surface area (Å²) in [5.41, 5.74) is 6.40. The molecule has 3 aromatic carbocycles. The summed E-state index contributed by atoms with van der Waals surface area (Å²) in [6, 6.07) is 22.0. The van der Waals surface area contributed by atoms with Crippen molar-refractivity contribution in [2.45, 2.75) is 18.7 Å². The Morgan fingerprint density at radius 3 is 2.40 bits per heavy atom. The highest BCUT2D eigenvalue weighted by atomic mass is 32.2. The molecule has 2 aromatic heterocycles. The average Bonchev–Trinajstić information content (AvgIpc) is 2.87. The van der Waals surface area contributed by atoms with Crippen LogP contribution in [0.1, 0.15) is 11.1 Å². The molecule has 0 fully saturated rings. The minimum Gasteiger partial charge on any atom is -0.496 e. The Balaban J connectivity index is 1.52. The molecule has 0 radical (unpaired) electrons. The summed E-state index contributed by atoms with van der Waals surface area (Å²) in [4.78, 5) is 13.3. The number of rotatable bonds is 6. The Labute approximate surface area is 206 Å². The van der Waals surface area contributed by atoms with Gasteiger partial charge < -0.3 is 4.74 Å². The molecule has 2 heterocycles. The molecule has 1 atom stereocenters. The smallest absolute Gasteiger partial charge is 0.151 e. The van der Waals surface area contributed by atoms with E-state index in [2.05, 4.69) is 69.9 Å². The van der Waals surface area contributed by atoms with Crippen LogP contribution >= 0.6 is 0 Å². The second-order valence-electron chi connectivity index (χ2n) is 8.30. The van der Waals surface area contributed by atoms with E-state index in [0.717, 1.165) is 38.9 Å². The third-order valence-corrected chi connectivity index (χ3v) is 6.82. The molecule has 1 unspecified atom stereocenters. The van der Waals surface area contributed by atoms with Gasteiger partial charge in [0, 0.05) is 23.3 Å². The molecule has 0 amide bonds. The van der Waals surface area contributed by atoms with Crippen molar-refractivity contribution < 1.29 is 8.95 Å². The van der Waals surface area contributed by atoms with E-state index in [1.54, 1.807) is 25.6 Å². The zero-order valence-corrected chi connectivity index (χ0v) is 20.5. The minimum absolute atomic E-state index is 0.502. The number of aryl methyl sites for hydroxylation is 2. The first kappa shape index (κ1) is 22.7. The van der Waals surface area contributed by atoms with Crippen LogP contribution in [-0.4, -0.2) is 26.3 Å². The number of hydrogen-bond donors (Lipinski definition) is 1. The molecule has 1 N–H and O–H groups in total. The fraction of sp³-hybridized carbons (Fsp3) is 0.107. The van der Waals surface area contributed by atoms with E-state index in [4.69, 9.17) is 4.74 Å². The van der Waals surface area contributed by atoms with Crippen molar-refractivity contribution in [3.63, 3.8) is 0 Å². The first-order valence-corrected chi connectivity index (χ1v) is 12.3. The van der Waals surface area contributed by atoms with Gasteiger partial charge in [-0.05, 0) is 66.8 Å². The maximum atomic E-state index is 12.8. The van der Waals surface area contributed by atoms with Gasteiger partial charge in [0.05, 0.1) is 17.7 Å². The molecule has 0 saturated heterocycles. The van der Waals surface area contributed by atoms with Crippen molar-refractivity contribution in [3.05, 3.63) is 96.6 Å². The Kier molecular flexibility index (Phi) is 6.25. The molecule has 6 nitrogen and oxygen atoms in total. The topological polar surface area (TPSA) is 77.0 Å². The molecule has 5 rings (SSSR count). The standard InChI is InChI=1S/C28H24N4O2S/c1-18-12-19(2)14-22(13-18)20-4-6-25(26(16-20)34-3)28-24-7-5-23(15-21(24)8-11-30-28)35(33)32-27-9-10-29-17-31-27/h4-17H,1-3H3,(H,29,31,32).